The molecule has 0 spiro atoms. The molecule has 0 saturated carbocycles. The second kappa shape index (κ2) is 7.04. The van der Waals surface area contributed by atoms with Crippen LogP contribution in [-0.4, -0.2) is 30.8 Å². The van der Waals surface area contributed by atoms with Crippen LogP contribution >= 0.6 is 33.9 Å². The van der Waals surface area contributed by atoms with Crippen LogP contribution in [0.15, 0.2) is 35.7 Å². The minimum absolute atomic E-state index is 0.0552. The van der Waals surface area contributed by atoms with Crippen molar-refractivity contribution < 1.29 is 9.59 Å². The summed E-state index contributed by atoms with van der Waals surface area (Å²) < 4.78 is 1.08. The first-order chi connectivity index (χ1) is 9.95. The molecule has 0 atom stereocenters. The average Bonchev–Trinajstić information content (AvgIpc) is 2.87. The fraction of sp³-hybridized carbons (Fsp3) is 0.200. The fourth-order valence-electron chi connectivity index (χ4n) is 1.67. The lowest BCUT2D eigenvalue weighted by Crippen LogP contribution is -2.23. The Balaban J connectivity index is 1.99. The van der Waals surface area contributed by atoms with Gasteiger partial charge in [-0.15, -0.1) is 11.3 Å². The molecule has 2 aromatic rings. The molecule has 0 aliphatic heterocycles. The molecule has 110 valence electrons. The number of likely N-dealkylation sites (N-methyl/N-ethyl adjacent to an activating group) is 1. The molecule has 2 amide bonds. The Morgan fingerprint density at radius 2 is 1.90 bits per heavy atom. The largest absolute Gasteiger partial charge is 0.349 e. The number of hydrogen-bond donors (Lipinski definition) is 1. The van der Waals surface area contributed by atoms with Crippen LogP contribution in [0.1, 0.15) is 15.9 Å². The lowest BCUT2D eigenvalue weighted by molar-refractivity contribution is -0.127. The third-order valence-electron chi connectivity index (χ3n) is 2.90. The maximum absolute atomic E-state index is 12.0. The maximum Gasteiger partial charge on any atom is 0.256 e. The molecule has 0 unspecified atom stereocenters. The van der Waals surface area contributed by atoms with Crippen LogP contribution < -0.4 is 5.32 Å². The van der Waals surface area contributed by atoms with E-state index in [1.165, 1.54) is 11.3 Å². The van der Waals surface area contributed by atoms with E-state index in [1.54, 1.807) is 19.0 Å². The predicted molar refractivity (Wildman–Crippen MR) is 93.8 cm³/mol. The van der Waals surface area contributed by atoms with Crippen LogP contribution in [0, 0.1) is 2.88 Å². The number of anilines is 1. The van der Waals surface area contributed by atoms with Crippen molar-refractivity contribution in [3.05, 3.63) is 49.7 Å². The molecule has 0 fully saturated rings. The van der Waals surface area contributed by atoms with Crippen LogP contribution in [0.2, 0.25) is 0 Å². The van der Waals surface area contributed by atoms with E-state index < -0.39 is 0 Å². The minimum atomic E-state index is -0.119. The molecule has 1 N–H and O–H groups in total. The molecular formula is C15H15IN2O2S. The van der Waals surface area contributed by atoms with Gasteiger partial charge in [-0.3, -0.25) is 9.59 Å². The first-order valence-electron chi connectivity index (χ1n) is 6.30. The maximum atomic E-state index is 12.0. The number of nitrogens with one attached hydrogen (secondary N) is 1. The Morgan fingerprint density at radius 1 is 1.24 bits per heavy atom. The monoisotopic (exact) mass is 414 g/mol. The number of carbonyl (C=O) groups is 2. The lowest BCUT2D eigenvalue weighted by Gasteiger charge is -2.10. The van der Waals surface area contributed by atoms with Crippen molar-refractivity contribution >= 4 is 51.4 Å². The molecular weight excluding hydrogens is 399 g/mol. The van der Waals surface area contributed by atoms with Crippen molar-refractivity contribution in [3.63, 3.8) is 0 Å². The minimum Gasteiger partial charge on any atom is -0.349 e. The first-order valence-corrected chi connectivity index (χ1v) is 8.26. The first kappa shape index (κ1) is 16.0. The van der Waals surface area contributed by atoms with Crippen LogP contribution in [0.5, 0.6) is 0 Å². The number of nitrogens with zero attached hydrogens (tertiary/aromatic N) is 1. The SMILES string of the molecule is CN(C)C(=O)Cc1ccc(NC(=O)c2csc(I)c2)cc1. The van der Waals surface area contributed by atoms with Gasteiger partial charge in [-0.2, -0.15) is 0 Å². The molecule has 2 rings (SSSR count). The van der Waals surface area contributed by atoms with Crippen LogP contribution in [0.25, 0.3) is 0 Å². The number of amides is 2. The molecule has 0 bridgehead atoms. The quantitative estimate of drug-likeness (QED) is 0.782. The molecule has 6 heteroatoms. The summed E-state index contributed by atoms with van der Waals surface area (Å²) in [6.07, 6.45) is 0.365. The van der Waals surface area contributed by atoms with Crippen molar-refractivity contribution in [2.24, 2.45) is 0 Å². The predicted octanol–water partition coefficient (Wildman–Crippen LogP) is 3.24. The fourth-order valence-corrected chi connectivity index (χ4v) is 3.00. The van der Waals surface area contributed by atoms with Gasteiger partial charge in [0, 0.05) is 25.2 Å². The molecule has 1 aromatic heterocycles. The Morgan fingerprint density at radius 3 is 2.43 bits per heavy atom. The van der Waals surface area contributed by atoms with E-state index in [4.69, 9.17) is 0 Å². The highest BCUT2D eigenvalue weighted by Gasteiger charge is 2.09. The summed E-state index contributed by atoms with van der Waals surface area (Å²) >= 11 is 3.73. The van der Waals surface area contributed by atoms with Gasteiger partial charge in [0.1, 0.15) is 0 Å². The highest BCUT2D eigenvalue weighted by atomic mass is 127. The van der Waals surface area contributed by atoms with Gasteiger partial charge in [-0.1, -0.05) is 12.1 Å². The van der Waals surface area contributed by atoms with Gasteiger partial charge in [0.2, 0.25) is 5.91 Å². The van der Waals surface area contributed by atoms with Crippen molar-refractivity contribution in [2.45, 2.75) is 6.42 Å². The van der Waals surface area contributed by atoms with Crippen LogP contribution in [0.3, 0.4) is 0 Å². The summed E-state index contributed by atoms with van der Waals surface area (Å²) in [4.78, 5) is 25.2. The number of benzene rings is 1. The number of hydrogen-bond acceptors (Lipinski definition) is 3. The smallest absolute Gasteiger partial charge is 0.256 e. The Labute approximate surface area is 141 Å². The number of halogens is 1. The molecule has 0 aliphatic rings. The van der Waals surface area contributed by atoms with Crippen LogP contribution in [-0.2, 0) is 11.2 Å². The standard InChI is InChI=1S/C15H15IN2O2S/c1-18(2)14(19)7-10-3-5-12(6-4-10)17-15(20)11-8-13(16)21-9-11/h3-6,8-9H,7H2,1-2H3,(H,17,20). The van der Waals surface area contributed by atoms with Crippen molar-refractivity contribution in [1.82, 2.24) is 4.90 Å². The van der Waals surface area contributed by atoms with E-state index in [1.807, 2.05) is 35.7 Å². The Kier molecular flexibility index (Phi) is 5.35. The van der Waals surface area contributed by atoms with Gasteiger partial charge < -0.3 is 10.2 Å². The van der Waals surface area contributed by atoms with Gasteiger partial charge in [0.05, 0.1) is 14.9 Å². The molecule has 1 aromatic carbocycles. The molecule has 0 radical (unpaired) electrons. The van der Waals surface area contributed by atoms with Gasteiger partial charge in [-0.05, 0) is 46.4 Å². The molecule has 4 nitrogen and oxygen atoms in total. The normalized spacial score (nSPS) is 10.2. The van der Waals surface area contributed by atoms with Gasteiger partial charge in [-0.25, -0.2) is 0 Å². The van der Waals surface area contributed by atoms with Crippen molar-refractivity contribution in [3.8, 4) is 0 Å². The zero-order valence-electron chi connectivity index (χ0n) is 11.7. The average molecular weight is 414 g/mol. The van der Waals surface area contributed by atoms with E-state index in [0.29, 0.717) is 12.0 Å². The number of thiophene rings is 1. The van der Waals surface area contributed by atoms with Crippen LogP contribution in [0.4, 0.5) is 5.69 Å². The van der Waals surface area contributed by atoms with Crippen molar-refractivity contribution in [1.29, 1.82) is 0 Å². The zero-order valence-corrected chi connectivity index (χ0v) is 14.7. The van der Waals surface area contributed by atoms with E-state index in [-0.39, 0.29) is 11.8 Å². The summed E-state index contributed by atoms with van der Waals surface area (Å²) in [6.45, 7) is 0. The second-order valence-corrected chi connectivity index (χ2v) is 7.56. The lowest BCUT2D eigenvalue weighted by atomic mass is 10.1. The summed E-state index contributed by atoms with van der Waals surface area (Å²) in [7, 11) is 3.47. The summed E-state index contributed by atoms with van der Waals surface area (Å²) in [5, 5.41) is 4.68. The van der Waals surface area contributed by atoms with E-state index >= 15 is 0 Å². The Bertz CT molecular complexity index is 650. The van der Waals surface area contributed by atoms with E-state index in [9.17, 15) is 9.59 Å². The number of rotatable bonds is 4. The highest BCUT2D eigenvalue weighted by Crippen LogP contribution is 2.18. The molecule has 0 aliphatic carbocycles. The zero-order chi connectivity index (χ0) is 15.4. The Hall–Kier alpha value is -1.41. The highest BCUT2D eigenvalue weighted by molar-refractivity contribution is 14.1. The molecule has 21 heavy (non-hydrogen) atoms. The molecule has 0 saturated heterocycles. The van der Waals surface area contributed by atoms with Gasteiger partial charge >= 0.3 is 0 Å². The topological polar surface area (TPSA) is 49.4 Å². The van der Waals surface area contributed by atoms with Gasteiger partial charge in [0.15, 0.2) is 0 Å². The van der Waals surface area contributed by atoms with Crippen molar-refractivity contribution in [2.75, 3.05) is 19.4 Å². The third kappa shape index (κ3) is 4.53. The van der Waals surface area contributed by atoms with E-state index in [0.717, 1.165) is 14.1 Å². The third-order valence-corrected chi connectivity index (χ3v) is 4.68. The summed E-state index contributed by atoms with van der Waals surface area (Å²) in [5.41, 5.74) is 2.32. The summed E-state index contributed by atoms with van der Waals surface area (Å²) in [6, 6.07) is 9.19. The number of carbonyl (C=O) groups excluding carboxylic acids is 2. The van der Waals surface area contributed by atoms with Gasteiger partial charge in [0.25, 0.3) is 5.91 Å². The van der Waals surface area contributed by atoms with E-state index in [2.05, 4.69) is 27.9 Å². The second-order valence-electron chi connectivity index (χ2n) is 4.76. The molecule has 1 heterocycles. The summed E-state index contributed by atoms with van der Waals surface area (Å²) in [5.74, 6) is -0.0640.